The van der Waals surface area contributed by atoms with Crippen molar-refractivity contribution in [3.63, 3.8) is 0 Å². The highest BCUT2D eigenvalue weighted by Gasteiger charge is 2.43. The maximum atomic E-state index is 6.50. The molecule has 2 fully saturated rings. The molecule has 162 valence electrons. The third kappa shape index (κ3) is 5.01. The van der Waals surface area contributed by atoms with Crippen molar-refractivity contribution in [3.05, 3.63) is 29.8 Å². The second-order valence-electron chi connectivity index (χ2n) is 8.95. The van der Waals surface area contributed by atoms with E-state index >= 15 is 0 Å². The van der Waals surface area contributed by atoms with Gasteiger partial charge < -0.3 is 20.1 Å². The number of rotatable bonds is 6. The van der Waals surface area contributed by atoms with E-state index < -0.39 is 0 Å². The van der Waals surface area contributed by atoms with Crippen LogP contribution in [0.3, 0.4) is 0 Å². The zero-order valence-corrected chi connectivity index (χ0v) is 20.2. The maximum absolute atomic E-state index is 6.50. The fourth-order valence-corrected chi connectivity index (χ4v) is 5.21. The summed E-state index contributed by atoms with van der Waals surface area (Å²) in [6, 6.07) is 8.73. The lowest BCUT2D eigenvalue weighted by Crippen LogP contribution is -2.50. The van der Waals surface area contributed by atoms with Crippen molar-refractivity contribution in [2.75, 3.05) is 27.3 Å². The summed E-state index contributed by atoms with van der Waals surface area (Å²) in [5.41, 5.74) is 1.62. The van der Waals surface area contributed by atoms with Crippen LogP contribution in [0.15, 0.2) is 29.3 Å². The predicted octanol–water partition coefficient (Wildman–Crippen LogP) is 4.81. The number of aliphatic imine (C=N–C) groups is 1. The normalized spacial score (nSPS) is 24.1. The molecule has 1 aliphatic heterocycles. The molecule has 6 heteroatoms. The van der Waals surface area contributed by atoms with Crippen molar-refractivity contribution in [3.8, 4) is 5.75 Å². The monoisotopic (exact) mass is 513 g/mol. The van der Waals surface area contributed by atoms with Gasteiger partial charge in [-0.1, -0.05) is 24.6 Å². The van der Waals surface area contributed by atoms with E-state index in [1.807, 2.05) is 7.05 Å². The smallest absolute Gasteiger partial charge is 0.191 e. The van der Waals surface area contributed by atoms with Crippen molar-refractivity contribution < 1.29 is 9.47 Å². The summed E-state index contributed by atoms with van der Waals surface area (Å²) < 4.78 is 11.8. The molecule has 0 saturated heterocycles. The number of para-hydroxylation sites is 1. The number of nitrogens with zero attached hydrogens (tertiary/aromatic N) is 1. The number of ether oxygens (including phenoxy) is 2. The van der Waals surface area contributed by atoms with Gasteiger partial charge in [0.25, 0.3) is 0 Å². The van der Waals surface area contributed by atoms with Crippen LogP contribution in [0.2, 0.25) is 0 Å². The number of benzene rings is 1. The molecule has 2 aliphatic carbocycles. The van der Waals surface area contributed by atoms with Gasteiger partial charge in [-0.15, -0.1) is 24.0 Å². The van der Waals surface area contributed by atoms with Gasteiger partial charge in [0.2, 0.25) is 0 Å². The first-order valence-corrected chi connectivity index (χ1v) is 10.9. The molecule has 4 rings (SSSR count). The molecule has 0 amide bonds. The molecule has 0 radical (unpaired) electrons. The van der Waals surface area contributed by atoms with Gasteiger partial charge in [-0.25, -0.2) is 0 Å². The molecule has 29 heavy (non-hydrogen) atoms. The Morgan fingerprint density at radius 3 is 2.59 bits per heavy atom. The fraction of sp³-hybridized carbons (Fsp3) is 0.696. The van der Waals surface area contributed by atoms with E-state index in [1.54, 1.807) is 7.11 Å². The van der Waals surface area contributed by atoms with E-state index in [9.17, 15) is 0 Å². The largest absolute Gasteiger partial charge is 0.487 e. The average molecular weight is 513 g/mol. The molecule has 0 bridgehead atoms. The van der Waals surface area contributed by atoms with E-state index in [4.69, 9.17) is 9.47 Å². The molecule has 3 aliphatic rings. The highest BCUT2D eigenvalue weighted by Crippen LogP contribution is 2.47. The Labute approximate surface area is 192 Å². The Balaban J connectivity index is 0.00000240. The van der Waals surface area contributed by atoms with Gasteiger partial charge in [0.05, 0.1) is 6.04 Å². The van der Waals surface area contributed by atoms with Crippen LogP contribution in [0.25, 0.3) is 0 Å². The number of hydrogen-bond acceptors (Lipinski definition) is 3. The van der Waals surface area contributed by atoms with Crippen LogP contribution >= 0.6 is 24.0 Å². The van der Waals surface area contributed by atoms with E-state index in [0.29, 0.717) is 5.41 Å². The Bertz CT molecular complexity index is 699. The second kappa shape index (κ2) is 9.86. The standard InChI is InChI=1S/C23H35N3O2.HI/c1-24-21(25-17-22(10-7-11-22)14-15-27-2)26-19-16-23(12-5-6-13-23)28-20-9-4-3-8-18(19)20;/h3-4,8-9,19H,5-7,10-17H2,1-2H3,(H2,24,25,26);1H. The van der Waals surface area contributed by atoms with Gasteiger partial charge in [-0.05, 0) is 56.4 Å². The third-order valence-electron chi connectivity index (χ3n) is 7.13. The zero-order valence-electron chi connectivity index (χ0n) is 17.8. The van der Waals surface area contributed by atoms with E-state index in [-0.39, 0.29) is 35.6 Å². The Kier molecular flexibility index (Phi) is 7.70. The van der Waals surface area contributed by atoms with Gasteiger partial charge in [-0.2, -0.15) is 0 Å². The van der Waals surface area contributed by atoms with Crippen LogP contribution in [-0.2, 0) is 4.74 Å². The Hall–Kier alpha value is -1.02. The summed E-state index contributed by atoms with van der Waals surface area (Å²) in [7, 11) is 3.66. The zero-order chi connectivity index (χ0) is 19.5. The van der Waals surface area contributed by atoms with Crippen LogP contribution < -0.4 is 15.4 Å². The molecule has 1 unspecified atom stereocenters. The summed E-state index contributed by atoms with van der Waals surface area (Å²) in [4.78, 5) is 4.53. The minimum Gasteiger partial charge on any atom is -0.487 e. The third-order valence-corrected chi connectivity index (χ3v) is 7.13. The molecular weight excluding hydrogens is 477 g/mol. The lowest BCUT2D eigenvalue weighted by atomic mass is 9.67. The molecule has 0 aromatic heterocycles. The molecule has 1 heterocycles. The first-order chi connectivity index (χ1) is 13.7. The molecule has 1 aromatic rings. The van der Waals surface area contributed by atoms with Gasteiger partial charge >= 0.3 is 0 Å². The van der Waals surface area contributed by atoms with Gasteiger partial charge in [-0.3, -0.25) is 4.99 Å². The van der Waals surface area contributed by atoms with Crippen molar-refractivity contribution in [2.24, 2.45) is 10.4 Å². The fourth-order valence-electron chi connectivity index (χ4n) is 5.21. The van der Waals surface area contributed by atoms with Gasteiger partial charge in [0.15, 0.2) is 5.96 Å². The number of guanidine groups is 1. The first kappa shape index (κ1) is 22.7. The Morgan fingerprint density at radius 1 is 1.17 bits per heavy atom. The van der Waals surface area contributed by atoms with Crippen molar-refractivity contribution >= 4 is 29.9 Å². The molecule has 1 atom stereocenters. The van der Waals surface area contributed by atoms with Crippen molar-refractivity contribution in [2.45, 2.75) is 69.4 Å². The van der Waals surface area contributed by atoms with Crippen LogP contribution in [-0.4, -0.2) is 38.9 Å². The van der Waals surface area contributed by atoms with Crippen molar-refractivity contribution in [1.29, 1.82) is 0 Å². The molecule has 2 saturated carbocycles. The van der Waals surface area contributed by atoms with Crippen LogP contribution in [0.1, 0.15) is 69.4 Å². The number of methoxy groups -OCH3 is 1. The number of hydrogen-bond donors (Lipinski definition) is 2. The van der Waals surface area contributed by atoms with E-state index in [2.05, 4.69) is 39.9 Å². The van der Waals surface area contributed by atoms with E-state index in [1.165, 1.54) is 37.7 Å². The van der Waals surface area contributed by atoms with Gasteiger partial charge in [0, 0.05) is 39.3 Å². The molecule has 5 nitrogen and oxygen atoms in total. The predicted molar refractivity (Wildman–Crippen MR) is 128 cm³/mol. The highest BCUT2D eigenvalue weighted by molar-refractivity contribution is 14.0. The first-order valence-electron chi connectivity index (χ1n) is 10.9. The van der Waals surface area contributed by atoms with Crippen LogP contribution in [0.5, 0.6) is 5.75 Å². The lowest BCUT2D eigenvalue weighted by molar-refractivity contribution is 0.0393. The summed E-state index contributed by atoms with van der Waals surface area (Å²) in [6.45, 7) is 1.80. The number of fused-ring (bicyclic) bond motifs is 1. The van der Waals surface area contributed by atoms with Gasteiger partial charge in [0.1, 0.15) is 11.4 Å². The van der Waals surface area contributed by atoms with Crippen molar-refractivity contribution in [1.82, 2.24) is 10.6 Å². The second-order valence-corrected chi connectivity index (χ2v) is 8.95. The average Bonchev–Trinajstić information content (AvgIpc) is 3.13. The Morgan fingerprint density at radius 2 is 1.93 bits per heavy atom. The number of nitrogens with one attached hydrogen (secondary N) is 2. The quantitative estimate of drug-likeness (QED) is 0.326. The van der Waals surface area contributed by atoms with Crippen LogP contribution in [0.4, 0.5) is 0 Å². The summed E-state index contributed by atoms with van der Waals surface area (Å²) in [5, 5.41) is 7.34. The minimum absolute atomic E-state index is 0. The minimum atomic E-state index is -0.00146. The molecule has 2 N–H and O–H groups in total. The lowest BCUT2D eigenvalue weighted by Gasteiger charge is -2.43. The highest BCUT2D eigenvalue weighted by atomic mass is 127. The number of halogens is 1. The topological polar surface area (TPSA) is 54.9 Å². The van der Waals surface area contributed by atoms with E-state index in [0.717, 1.165) is 50.5 Å². The summed E-state index contributed by atoms with van der Waals surface area (Å²) >= 11 is 0. The summed E-state index contributed by atoms with van der Waals surface area (Å²) in [6.07, 6.45) is 10.9. The van der Waals surface area contributed by atoms with Crippen LogP contribution in [0, 0.1) is 5.41 Å². The molecule has 1 aromatic carbocycles. The summed E-state index contributed by atoms with van der Waals surface area (Å²) in [5.74, 6) is 1.94. The molecular formula is C23H36IN3O2. The molecule has 1 spiro atoms. The maximum Gasteiger partial charge on any atom is 0.191 e. The SMILES string of the molecule is CN=C(NCC1(CCOC)CCC1)NC1CC2(CCCC2)Oc2ccccc21.I.